The first-order valence-corrected chi connectivity index (χ1v) is 2.35. The predicted octanol–water partition coefficient (Wildman–Crippen LogP) is -0.417. The van der Waals surface area contributed by atoms with Crippen LogP contribution in [0.1, 0.15) is 0 Å². The standard InChI is InChI=1S/C2H3NO5S.W/c4-1-3(2-5)7-9-8-6;/h1-2,6H;. The van der Waals surface area contributed by atoms with Crippen LogP contribution in [-0.2, 0) is 39.3 Å². The van der Waals surface area contributed by atoms with E-state index in [-0.39, 0.29) is 51.3 Å². The smallest absolute Gasteiger partial charge is 0.241 e. The van der Waals surface area contributed by atoms with Gasteiger partial charge >= 0.3 is 0 Å². The normalized spacial score (nSPS) is 7.70. The van der Waals surface area contributed by atoms with Crippen LogP contribution < -0.4 is 0 Å². The van der Waals surface area contributed by atoms with Crippen LogP contribution >= 0.6 is 12.3 Å². The Hall–Kier alpha value is 0.0583. The minimum Gasteiger partial charge on any atom is -0.276 e. The molecule has 0 aliphatic rings. The Balaban J connectivity index is 0. The van der Waals surface area contributed by atoms with Crippen LogP contribution in [0.3, 0.4) is 0 Å². The van der Waals surface area contributed by atoms with Crippen LogP contribution in [-0.4, -0.2) is 23.1 Å². The zero-order chi connectivity index (χ0) is 7.11. The van der Waals surface area contributed by atoms with Gasteiger partial charge in [0.25, 0.3) is 0 Å². The van der Waals surface area contributed by atoms with E-state index in [1.165, 1.54) is 0 Å². The summed E-state index contributed by atoms with van der Waals surface area (Å²) in [5, 5.41) is 7.86. The molecule has 0 atom stereocenters. The Bertz CT molecular complexity index is 93.6. The van der Waals surface area contributed by atoms with E-state index in [0.717, 1.165) is 0 Å². The number of carbonyl (C=O) groups excluding carboxylic acids is 2. The molecular weight excluding hydrogens is 334 g/mol. The van der Waals surface area contributed by atoms with Gasteiger partial charge in [-0.2, -0.15) is 4.28 Å². The van der Waals surface area contributed by atoms with Gasteiger partial charge in [0.05, 0.1) is 0 Å². The third-order valence-corrected chi connectivity index (χ3v) is 0.649. The van der Waals surface area contributed by atoms with Gasteiger partial charge in [-0.05, 0) is 0 Å². The van der Waals surface area contributed by atoms with E-state index in [2.05, 4.69) is 8.62 Å². The maximum atomic E-state index is 9.66. The van der Waals surface area contributed by atoms with Crippen molar-refractivity contribution < 1.29 is 44.5 Å². The summed E-state index contributed by atoms with van der Waals surface area (Å²) in [4.78, 5) is 19.3. The first-order chi connectivity index (χ1) is 4.35. The van der Waals surface area contributed by atoms with Crippen LogP contribution in [0, 0.1) is 0 Å². The average molecular weight is 337 g/mol. The Kier molecular flexibility index (Phi) is 11.5. The van der Waals surface area contributed by atoms with E-state index in [4.69, 9.17) is 5.26 Å². The van der Waals surface area contributed by atoms with Crippen molar-refractivity contribution in [3.63, 3.8) is 0 Å². The number of hydroxylamine groups is 2. The Morgan fingerprint density at radius 2 is 1.90 bits per heavy atom. The van der Waals surface area contributed by atoms with Gasteiger partial charge in [-0.15, -0.1) is 9.40 Å². The summed E-state index contributed by atoms with van der Waals surface area (Å²) in [6, 6.07) is 0. The first kappa shape index (κ1) is 12.7. The quantitative estimate of drug-likeness (QED) is 0.318. The second kappa shape index (κ2) is 9.06. The van der Waals surface area contributed by atoms with Crippen molar-refractivity contribution in [2.45, 2.75) is 0 Å². The summed E-state index contributed by atoms with van der Waals surface area (Å²) < 4.78 is 7.34. The van der Waals surface area contributed by atoms with Gasteiger partial charge in [0.1, 0.15) is 0 Å². The van der Waals surface area contributed by atoms with E-state index in [1.54, 1.807) is 0 Å². The minimum absolute atomic E-state index is 0. The average Bonchev–Trinajstić information content (AvgIpc) is 1.91. The zero-order valence-corrected chi connectivity index (χ0v) is 8.25. The molecule has 10 heavy (non-hydrogen) atoms. The van der Waals surface area contributed by atoms with Crippen molar-refractivity contribution in [3.8, 4) is 0 Å². The number of nitrogens with zero attached hydrogens (tertiary/aromatic N) is 1. The molecule has 0 aromatic heterocycles. The van der Waals surface area contributed by atoms with Crippen LogP contribution in [0.5, 0.6) is 0 Å². The maximum Gasteiger partial charge on any atom is 0.241 e. The van der Waals surface area contributed by atoms with Gasteiger partial charge in [-0.3, -0.25) is 9.59 Å². The van der Waals surface area contributed by atoms with E-state index >= 15 is 0 Å². The fourth-order valence-corrected chi connectivity index (χ4v) is 0.276. The zero-order valence-electron chi connectivity index (χ0n) is 4.50. The summed E-state index contributed by atoms with van der Waals surface area (Å²) in [5.74, 6) is 0. The summed E-state index contributed by atoms with van der Waals surface area (Å²) in [5.41, 5.74) is 0. The second-order valence-corrected chi connectivity index (χ2v) is 1.22. The molecule has 0 bridgehead atoms. The molecule has 0 aromatic carbocycles. The molecule has 0 rings (SSSR count). The van der Waals surface area contributed by atoms with Crippen molar-refractivity contribution in [1.29, 1.82) is 0 Å². The molecule has 0 heterocycles. The van der Waals surface area contributed by atoms with Crippen molar-refractivity contribution in [3.05, 3.63) is 0 Å². The Morgan fingerprint density at radius 1 is 1.40 bits per heavy atom. The van der Waals surface area contributed by atoms with Gasteiger partial charge < -0.3 is 0 Å². The van der Waals surface area contributed by atoms with Crippen molar-refractivity contribution >= 4 is 25.1 Å². The molecule has 8 heteroatoms. The number of carbonyl (C=O) groups is 2. The molecule has 0 aliphatic carbocycles. The van der Waals surface area contributed by atoms with Crippen molar-refractivity contribution in [2.75, 3.05) is 0 Å². The maximum absolute atomic E-state index is 9.66. The fourth-order valence-electron chi connectivity index (χ4n) is 0.109. The SMILES string of the molecule is O=CN(C=O)OSOO.[W]. The van der Waals surface area contributed by atoms with E-state index in [0.29, 0.717) is 0 Å². The molecule has 6 nitrogen and oxygen atoms in total. The number of imide groups is 1. The van der Waals surface area contributed by atoms with E-state index < -0.39 is 0 Å². The summed E-state index contributed by atoms with van der Waals surface area (Å²) in [6.45, 7) is 0. The molecule has 58 valence electrons. The summed E-state index contributed by atoms with van der Waals surface area (Å²) in [7, 11) is 0. The van der Waals surface area contributed by atoms with Gasteiger partial charge in [0.15, 0.2) is 0 Å². The van der Waals surface area contributed by atoms with E-state index in [9.17, 15) is 9.59 Å². The molecule has 0 saturated heterocycles. The predicted molar refractivity (Wildman–Crippen MR) is 26.4 cm³/mol. The second-order valence-electron chi connectivity index (χ2n) is 0.788. The van der Waals surface area contributed by atoms with Crippen LogP contribution in [0.4, 0.5) is 0 Å². The molecule has 0 unspecified atom stereocenters. The first-order valence-electron chi connectivity index (χ1n) is 1.69. The topological polar surface area (TPSA) is 76.1 Å². The van der Waals surface area contributed by atoms with E-state index in [1.807, 2.05) is 0 Å². The third kappa shape index (κ3) is 6.18. The van der Waals surface area contributed by atoms with Crippen LogP contribution in [0.25, 0.3) is 0 Å². The molecule has 2 amide bonds. The van der Waals surface area contributed by atoms with Gasteiger partial charge in [0, 0.05) is 21.1 Å². The minimum atomic E-state index is 0. The van der Waals surface area contributed by atoms with Crippen molar-refractivity contribution in [2.24, 2.45) is 0 Å². The van der Waals surface area contributed by atoms with Gasteiger partial charge in [0.2, 0.25) is 25.1 Å². The number of amides is 2. The van der Waals surface area contributed by atoms with Gasteiger partial charge in [-0.1, -0.05) is 0 Å². The van der Waals surface area contributed by atoms with Crippen LogP contribution in [0.15, 0.2) is 0 Å². The Morgan fingerprint density at radius 3 is 2.20 bits per heavy atom. The fraction of sp³-hybridized carbons (Fsp3) is 0. The molecule has 0 saturated carbocycles. The largest absolute Gasteiger partial charge is 0.276 e. The molecule has 0 radical (unpaired) electrons. The van der Waals surface area contributed by atoms with Gasteiger partial charge in [-0.25, -0.2) is 5.26 Å². The van der Waals surface area contributed by atoms with Crippen LogP contribution in [0.2, 0.25) is 0 Å². The molecule has 0 spiro atoms. The number of hydrogen-bond acceptors (Lipinski definition) is 6. The molecule has 0 aliphatic heterocycles. The monoisotopic (exact) mass is 337 g/mol. The molecule has 0 fully saturated rings. The number of hydrogen-bond donors (Lipinski definition) is 1. The summed E-state index contributed by atoms with van der Waals surface area (Å²) in [6.07, 6.45) is 0.220. The Labute approximate surface area is 75.0 Å². The molecular formula is C2H3NO5SW. The molecule has 1 N–H and O–H groups in total. The van der Waals surface area contributed by atoms with Crippen molar-refractivity contribution in [1.82, 2.24) is 5.06 Å². The number of rotatable bonds is 5. The summed E-state index contributed by atoms with van der Waals surface area (Å²) >= 11 is 0.0844. The third-order valence-electron chi connectivity index (χ3n) is 0.355. The molecule has 0 aromatic rings.